The van der Waals surface area contributed by atoms with E-state index in [0.29, 0.717) is 0 Å². The third-order valence-corrected chi connectivity index (χ3v) is 3.02. The fourth-order valence-electron chi connectivity index (χ4n) is 1.74. The van der Waals surface area contributed by atoms with E-state index >= 15 is 0 Å². The number of nitrogens with zero attached hydrogens (tertiary/aromatic N) is 1. The minimum Gasteiger partial charge on any atom is -0.207 e. The largest absolute Gasteiger partial charge is 0.416 e. The van der Waals surface area contributed by atoms with E-state index in [0.717, 1.165) is 30.3 Å². The molecule has 0 saturated carbocycles. The van der Waals surface area contributed by atoms with Crippen molar-refractivity contribution in [1.29, 1.82) is 5.26 Å². The molecule has 0 bridgehead atoms. The minimum atomic E-state index is -4.55. The second-order valence-electron chi connectivity index (χ2n) is 3.99. The summed E-state index contributed by atoms with van der Waals surface area (Å²) in [4.78, 5) is 0. The summed E-state index contributed by atoms with van der Waals surface area (Å²) in [6, 6.07) is 7.72. The molecule has 0 aromatic heterocycles. The first kappa shape index (κ1) is 14.4. The van der Waals surface area contributed by atoms with Crippen LogP contribution in [0.5, 0.6) is 0 Å². The maximum Gasteiger partial charge on any atom is 0.416 e. The van der Waals surface area contributed by atoms with Gasteiger partial charge < -0.3 is 0 Å². The second-order valence-corrected chi connectivity index (χ2v) is 4.40. The van der Waals surface area contributed by atoms with E-state index in [2.05, 4.69) is 0 Å². The zero-order chi connectivity index (χ0) is 14.9. The summed E-state index contributed by atoms with van der Waals surface area (Å²) in [5, 5.41) is 9.04. The normalized spacial score (nSPS) is 11.2. The number of nitriles is 1. The van der Waals surface area contributed by atoms with E-state index in [1.54, 1.807) is 6.07 Å². The highest BCUT2D eigenvalue weighted by molar-refractivity contribution is 6.33. The highest BCUT2D eigenvalue weighted by Gasteiger charge is 2.31. The van der Waals surface area contributed by atoms with Crippen LogP contribution in [0.3, 0.4) is 0 Å². The Morgan fingerprint density at radius 1 is 1.00 bits per heavy atom. The van der Waals surface area contributed by atoms with Crippen molar-refractivity contribution in [3.05, 3.63) is 58.4 Å². The van der Waals surface area contributed by atoms with Gasteiger partial charge in [-0.05, 0) is 36.4 Å². The summed E-state index contributed by atoms with van der Waals surface area (Å²) < 4.78 is 51.4. The Bertz CT molecular complexity index is 701. The molecular formula is C14H6ClF4N. The average molecular weight is 300 g/mol. The van der Waals surface area contributed by atoms with Crippen molar-refractivity contribution in [1.82, 2.24) is 0 Å². The van der Waals surface area contributed by atoms with Crippen molar-refractivity contribution < 1.29 is 17.6 Å². The first-order chi connectivity index (χ1) is 9.32. The summed E-state index contributed by atoms with van der Waals surface area (Å²) in [6.07, 6.45) is -4.55. The SMILES string of the molecule is N#Cc1ccc(C(F)(F)F)cc1-c1cc(F)ccc1Cl. The van der Waals surface area contributed by atoms with Crippen molar-refractivity contribution >= 4 is 11.6 Å². The Labute approximate surface area is 117 Å². The summed E-state index contributed by atoms with van der Waals surface area (Å²) >= 11 is 5.87. The van der Waals surface area contributed by atoms with Gasteiger partial charge in [-0.3, -0.25) is 0 Å². The maximum atomic E-state index is 13.2. The van der Waals surface area contributed by atoms with E-state index in [1.807, 2.05) is 0 Å². The van der Waals surface area contributed by atoms with Crippen LogP contribution in [0.2, 0.25) is 5.02 Å². The molecule has 20 heavy (non-hydrogen) atoms. The molecule has 1 nitrogen and oxygen atoms in total. The lowest BCUT2D eigenvalue weighted by molar-refractivity contribution is -0.137. The Morgan fingerprint density at radius 3 is 2.30 bits per heavy atom. The van der Waals surface area contributed by atoms with Crippen molar-refractivity contribution in [3.8, 4) is 17.2 Å². The van der Waals surface area contributed by atoms with Gasteiger partial charge in [0, 0.05) is 16.1 Å². The monoisotopic (exact) mass is 299 g/mol. The third kappa shape index (κ3) is 2.75. The highest BCUT2D eigenvalue weighted by atomic mass is 35.5. The Balaban J connectivity index is 2.72. The molecule has 102 valence electrons. The van der Waals surface area contributed by atoms with Crippen molar-refractivity contribution in [3.63, 3.8) is 0 Å². The minimum absolute atomic E-state index is 0.00880. The number of hydrogen-bond acceptors (Lipinski definition) is 1. The number of hydrogen-bond donors (Lipinski definition) is 0. The summed E-state index contributed by atoms with van der Waals surface area (Å²) in [6.45, 7) is 0. The molecule has 0 aliphatic heterocycles. The molecule has 6 heteroatoms. The van der Waals surface area contributed by atoms with Gasteiger partial charge in [0.2, 0.25) is 0 Å². The van der Waals surface area contributed by atoms with Crippen molar-refractivity contribution in [2.45, 2.75) is 6.18 Å². The van der Waals surface area contributed by atoms with Gasteiger partial charge in [0.05, 0.1) is 17.2 Å². The highest BCUT2D eigenvalue weighted by Crippen LogP contribution is 2.36. The van der Waals surface area contributed by atoms with Crippen LogP contribution in [0.1, 0.15) is 11.1 Å². The first-order valence-electron chi connectivity index (χ1n) is 5.39. The lowest BCUT2D eigenvalue weighted by Crippen LogP contribution is -2.05. The van der Waals surface area contributed by atoms with Gasteiger partial charge >= 0.3 is 6.18 Å². The van der Waals surface area contributed by atoms with Gasteiger partial charge in [0.15, 0.2) is 0 Å². The standard InChI is InChI=1S/C14H6ClF4N/c15-13-4-3-10(16)6-12(13)11-5-9(14(17,18)19)2-1-8(11)7-20/h1-6H. The van der Waals surface area contributed by atoms with Crippen LogP contribution >= 0.6 is 11.6 Å². The third-order valence-electron chi connectivity index (χ3n) is 2.69. The fourth-order valence-corrected chi connectivity index (χ4v) is 1.96. The molecule has 0 N–H and O–H groups in total. The fraction of sp³-hybridized carbons (Fsp3) is 0.0714. The van der Waals surface area contributed by atoms with Crippen LogP contribution in [0.4, 0.5) is 17.6 Å². The van der Waals surface area contributed by atoms with Crippen LogP contribution in [-0.4, -0.2) is 0 Å². The topological polar surface area (TPSA) is 23.8 Å². The predicted octanol–water partition coefficient (Wildman–Crippen LogP) is 5.04. The Hall–Kier alpha value is -2.06. The number of alkyl halides is 3. The van der Waals surface area contributed by atoms with Crippen LogP contribution < -0.4 is 0 Å². The second kappa shape index (κ2) is 5.14. The van der Waals surface area contributed by atoms with Gasteiger partial charge in [-0.1, -0.05) is 11.6 Å². The first-order valence-corrected chi connectivity index (χ1v) is 5.77. The molecule has 0 spiro atoms. The number of halogens is 5. The van der Waals surface area contributed by atoms with Crippen molar-refractivity contribution in [2.24, 2.45) is 0 Å². The van der Waals surface area contributed by atoms with E-state index in [9.17, 15) is 17.6 Å². The molecule has 0 atom stereocenters. The molecule has 2 aromatic carbocycles. The van der Waals surface area contributed by atoms with Gasteiger partial charge in [-0.2, -0.15) is 18.4 Å². The summed E-state index contributed by atoms with van der Waals surface area (Å²) in [5.74, 6) is -0.647. The van der Waals surface area contributed by atoms with Crippen LogP contribution in [0, 0.1) is 17.1 Å². The van der Waals surface area contributed by atoms with E-state index in [1.165, 1.54) is 6.07 Å². The Morgan fingerprint density at radius 2 is 1.70 bits per heavy atom. The van der Waals surface area contributed by atoms with Gasteiger partial charge in [-0.15, -0.1) is 0 Å². The number of rotatable bonds is 1. The van der Waals surface area contributed by atoms with E-state index in [-0.39, 0.29) is 21.7 Å². The van der Waals surface area contributed by atoms with Gasteiger partial charge in [0.25, 0.3) is 0 Å². The molecule has 0 aliphatic carbocycles. The summed E-state index contributed by atoms with van der Waals surface area (Å²) in [7, 11) is 0. The zero-order valence-corrected chi connectivity index (χ0v) is 10.6. The molecule has 2 rings (SSSR count). The molecule has 0 unspecified atom stereocenters. The van der Waals surface area contributed by atoms with Crippen LogP contribution in [0.15, 0.2) is 36.4 Å². The van der Waals surface area contributed by atoms with E-state index in [4.69, 9.17) is 16.9 Å². The lowest BCUT2D eigenvalue weighted by Gasteiger charge is -2.11. The van der Waals surface area contributed by atoms with E-state index < -0.39 is 17.6 Å². The molecular weight excluding hydrogens is 294 g/mol. The number of benzene rings is 2. The molecule has 0 aliphatic rings. The molecule has 0 saturated heterocycles. The Kier molecular flexibility index (Phi) is 3.69. The predicted molar refractivity (Wildman–Crippen MR) is 66.6 cm³/mol. The van der Waals surface area contributed by atoms with Crippen LogP contribution in [0.25, 0.3) is 11.1 Å². The maximum absolute atomic E-state index is 13.2. The van der Waals surface area contributed by atoms with Crippen LogP contribution in [-0.2, 0) is 6.18 Å². The summed E-state index contributed by atoms with van der Waals surface area (Å²) in [5.41, 5.74) is -0.932. The van der Waals surface area contributed by atoms with Gasteiger partial charge in [-0.25, -0.2) is 4.39 Å². The molecule has 0 fully saturated rings. The average Bonchev–Trinajstić information content (AvgIpc) is 2.40. The smallest absolute Gasteiger partial charge is 0.207 e. The molecule has 0 radical (unpaired) electrons. The van der Waals surface area contributed by atoms with Crippen molar-refractivity contribution in [2.75, 3.05) is 0 Å². The molecule has 0 heterocycles. The quantitative estimate of drug-likeness (QED) is 0.677. The molecule has 2 aromatic rings. The molecule has 0 amide bonds. The van der Waals surface area contributed by atoms with Gasteiger partial charge in [0.1, 0.15) is 5.82 Å². The zero-order valence-electron chi connectivity index (χ0n) is 9.80. The lowest BCUT2D eigenvalue weighted by atomic mass is 9.97.